The van der Waals surface area contributed by atoms with Crippen LogP contribution in [0.4, 0.5) is 5.69 Å². The smallest absolute Gasteiger partial charge is 0.468 e. The standard InChI is InChI=1S/C12H21NO4Si/c1-4-8-18(14-2,15-3)17-10-16-12-7-5-6-11(13)9-12/h5-7,9H,4,8,10,13H2,1-3H3. The van der Waals surface area contributed by atoms with E-state index >= 15 is 0 Å². The van der Waals surface area contributed by atoms with Gasteiger partial charge in [0.15, 0.2) is 6.79 Å². The molecule has 0 atom stereocenters. The predicted octanol–water partition coefficient (Wildman–Crippen LogP) is 2.26. The summed E-state index contributed by atoms with van der Waals surface area (Å²) in [4.78, 5) is 0. The van der Waals surface area contributed by atoms with Crippen molar-refractivity contribution in [1.29, 1.82) is 0 Å². The van der Waals surface area contributed by atoms with Crippen LogP contribution in [-0.2, 0) is 13.3 Å². The lowest BCUT2D eigenvalue weighted by Gasteiger charge is -2.25. The van der Waals surface area contributed by atoms with Gasteiger partial charge in [-0.2, -0.15) is 0 Å². The Morgan fingerprint density at radius 1 is 1.22 bits per heavy atom. The van der Waals surface area contributed by atoms with E-state index in [4.69, 9.17) is 23.7 Å². The third-order valence-electron chi connectivity index (χ3n) is 2.54. The number of ether oxygens (including phenoxy) is 1. The molecule has 0 fully saturated rings. The molecule has 0 aliphatic rings. The van der Waals surface area contributed by atoms with E-state index in [0.29, 0.717) is 11.4 Å². The number of hydrogen-bond donors (Lipinski definition) is 1. The third kappa shape index (κ3) is 4.30. The first-order chi connectivity index (χ1) is 8.65. The first kappa shape index (κ1) is 15.0. The van der Waals surface area contributed by atoms with Crippen molar-refractivity contribution < 1.29 is 18.0 Å². The highest BCUT2D eigenvalue weighted by Gasteiger charge is 2.38. The van der Waals surface area contributed by atoms with E-state index in [9.17, 15) is 0 Å². The van der Waals surface area contributed by atoms with Crippen LogP contribution < -0.4 is 10.5 Å². The molecule has 18 heavy (non-hydrogen) atoms. The minimum atomic E-state index is -2.57. The Hall–Kier alpha value is -1.08. The van der Waals surface area contributed by atoms with E-state index < -0.39 is 8.80 Å². The van der Waals surface area contributed by atoms with Gasteiger partial charge in [-0.15, -0.1) is 0 Å². The Kier molecular flexibility index (Phi) is 6.13. The molecule has 0 unspecified atom stereocenters. The predicted molar refractivity (Wildman–Crippen MR) is 72.3 cm³/mol. The molecule has 0 radical (unpaired) electrons. The van der Waals surface area contributed by atoms with Crippen LogP contribution in [0.2, 0.25) is 6.04 Å². The Labute approximate surface area is 109 Å². The van der Waals surface area contributed by atoms with Crippen LogP contribution in [0.3, 0.4) is 0 Å². The molecule has 1 aromatic rings. The van der Waals surface area contributed by atoms with Crippen LogP contribution in [0.1, 0.15) is 13.3 Å². The van der Waals surface area contributed by atoms with Crippen LogP contribution in [0.15, 0.2) is 24.3 Å². The van der Waals surface area contributed by atoms with Crippen LogP contribution in [-0.4, -0.2) is 29.8 Å². The summed E-state index contributed by atoms with van der Waals surface area (Å²) >= 11 is 0. The summed E-state index contributed by atoms with van der Waals surface area (Å²) in [6.45, 7) is 2.15. The summed E-state index contributed by atoms with van der Waals surface area (Å²) in [5.41, 5.74) is 6.31. The number of nitrogen functional groups attached to an aromatic ring is 1. The van der Waals surface area contributed by atoms with E-state index in [1.165, 1.54) is 0 Å². The number of benzene rings is 1. The fourth-order valence-corrected chi connectivity index (χ4v) is 3.38. The third-order valence-corrected chi connectivity index (χ3v) is 5.45. The summed E-state index contributed by atoms with van der Waals surface area (Å²) in [5, 5.41) is 0. The van der Waals surface area contributed by atoms with Crippen molar-refractivity contribution in [2.24, 2.45) is 0 Å². The summed E-state index contributed by atoms with van der Waals surface area (Å²) in [7, 11) is 0.639. The van der Waals surface area contributed by atoms with Gasteiger partial charge in [0.25, 0.3) is 0 Å². The molecule has 0 bridgehead atoms. The zero-order valence-electron chi connectivity index (χ0n) is 11.1. The Bertz CT molecular complexity index is 358. The second-order valence-electron chi connectivity index (χ2n) is 3.82. The van der Waals surface area contributed by atoms with Crippen LogP contribution in [0.25, 0.3) is 0 Å². The van der Waals surface area contributed by atoms with Gasteiger partial charge >= 0.3 is 8.80 Å². The van der Waals surface area contributed by atoms with Crippen LogP contribution in [0.5, 0.6) is 5.75 Å². The topological polar surface area (TPSA) is 62.9 Å². The second-order valence-corrected chi connectivity index (χ2v) is 6.79. The molecular formula is C12H21NO4Si. The zero-order chi connectivity index (χ0) is 13.4. The lowest BCUT2D eigenvalue weighted by molar-refractivity contribution is 0.0276. The normalized spacial score (nSPS) is 11.5. The van der Waals surface area contributed by atoms with Gasteiger partial charge in [0.2, 0.25) is 0 Å². The molecule has 2 N–H and O–H groups in total. The summed E-state index contributed by atoms with van der Waals surface area (Å²) in [5.74, 6) is 0.668. The number of hydrogen-bond acceptors (Lipinski definition) is 5. The summed E-state index contributed by atoms with van der Waals surface area (Å²) in [6, 6.07) is 7.96. The molecule has 0 amide bonds. The first-order valence-electron chi connectivity index (χ1n) is 5.88. The van der Waals surface area contributed by atoms with E-state index in [-0.39, 0.29) is 6.79 Å². The maximum atomic E-state index is 5.65. The van der Waals surface area contributed by atoms with Gasteiger partial charge in [-0.25, -0.2) is 0 Å². The maximum absolute atomic E-state index is 5.65. The van der Waals surface area contributed by atoms with Crippen molar-refractivity contribution in [3.63, 3.8) is 0 Å². The fraction of sp³-hybridized carbons (Fsp3) is 0.500. The average molecular weight is 271 g/mol. The van der Waals surface area contributed by atoms with Gasteiger partial charge < -0.3 is 23.7 Å². The van der Waals surface area contributed by atoms with E-state index in [0.717, 1.165) is 12.5 Å². The van der Waals surface area contributed by atoms with Crippen LogP contribution >= 0.6 is 0 Å². The molecule has 0 aromatic heterocycles. The monoisotopic (exact) mass is 271 g/mol. The van der Waals surface area contributed by atoms with Gasteiger partial charge in [0.05, 0.1) is 0 Å². The molecular weight excluding hydrogens is 250 g/mol. The zero-order valence-corrected chi connectivity index (χ0v) is 12.1. The van der Waals surface area contributed by atoms with Gasteiger partial charge in [-0.3, -0.25) is 0 Å². The highest BCUT2D eigenvalue weighted by Crippen LogP contribution is 2.18. The Morgan fingerprint density at radius 3 is 2.50 bits per heavy atom. The van der Waals surface area contributed by atoms with Crippen molar-refractivity contribution in [3.05, 3.63) is 24.3 Å². The van der Waals surface area contributed by atoms with Gasteiger partial charge in [0, 0.05) is 32.0 Å². The fourth-order valence-electron chi connectivity index (χ4n) is 1.58. The first-order valence-corrected chi connectivity index (χ1v) is 7.81. The van der Waals surface area contributed by atoms with E-state index in [2.05, 4.69) is 6.92 Å². The number of anilines is 1. The van der Waals surface area contributed by atoms with Gasteiger partial charge in [-0.1, -0.05) is 19.4 Å². The van der Waals surface area contributed by atoms with Gasteiger partial charge in [-0.05, 0) is 12.1 Å². The largest absolute Gasteiger partial charge is 0.502 e. The Morgan fingerprint density at radius 2 is 1.94 bits per heavy atom. The molecule has 0 saturated carbocycles. The molecule has 1 rings (SSSR count). The lowest BCUT2D eigenvalue weighted by Crippen LogP contribution is -2.44. The van der Waals surface area contributed by atoms with Crippen molar-refractivity contribution in [3.8, 4) is 5.75 Å². The SMILES string of the molecule is CCC[Si](OC)(OC)OCOc1cccc(N)c1. The molecule has 0 heterocycles. The highest BCUT2D eigenvalue weighted by atomic mass is 28.4. The van der Waals surface area contributed by atoms with E-state index in [1.807, 2.05) is 12.1 Å². The van der Waals surface area contributed by atoms with Crippen LogP contribution in [0, 0.1) is 0 Å². The molecule has 0 spiro atoms. The summed E-state index contributed by atoms with van der Waals surface area (Å²) < 4.78 is 21.9. The van der Waals surface area contributed by atoms with Crippen molar-refractivity contribution in [1.82, 2.24) is 0 Å². The van der Waals surface area contributed by atoms with Crippen molar-refractivity contribution in [2.75, 3.05) is 26.7 Å². The quantitative estimate of drug-likeness (QED) is 0.446. The molecule has 0 aliphatic heterocycles. The highest BCUT2D eigenvalue weighted by molar-refractivity contribution is 6.60. The van der Waals surface area contributed by atoms with Gasteiger partial charge in [0.1, 0.15) is 5.75 Å². The minimum absolute atomic E-state index is 0.0946. The van der Waals surface area contributed by atoms with Crippen molar-refractivity contribution >= 4 is 14.5 Å². The lowest BCUT2D eigenvalue weighted by atomic mass is 10.3. The number of rotatable bonds is 8. The Balaban J connectivity index is 2.48. The molecule has 5 nitrogen and oxygen atoms in total. The summed E-state index contributed by atoms with van der Waals surface area (Å²) in [6.07, 6.45) is 0.937. The molecule has 0 saturated heterocycles. The van der Waals surface area contributed by atoms with E-state index in [1.54, 1.807) is 26.4 Å². The number of nitrogens with two attached hydrogens (primary N) is 1. The molecule has 102 valence electrons. The average Bonchev–Trinajstić information content (AvgIpc) is 2.38. The van der Waals surface area contributed by atoms with Crippen molar-refractivity contribution in [2.45, 2.75) is 19.4 Å². The molecule has 1 aromatic carbocycles. The maximum Gasteiger partial charge on any atom is 0.502 e. The molecule has 6 heteroatoms. The minimum Gasteiger partial charge on any atom is -0.468 e. The molecule has 0 aliphatic carbocycles. The second kappa shape index (κ2) is 7.37.